The van der Waals surface area contributed by atoms with Gasteiger partial charge in [0.15, 0.2) is 0 Å². The van der Waals surface area contributed by atoms with E-state index >= 15 is 0 Å². The van der Waals surface area contributed by atoms with E-state index in [1.807, 2.05) is 13.8 Å². The molecule has 170 valence electrons. The Bertz CT molecular complexity index is 1050. The number of Topliss-reactive ketones (excluding diaryl/α,β-unsaturated/α-hetero) is 1. The van der Waals surface area contributed by atoms with Crippen LogP contribution in [0.4, 0.5) is 0 Å². The second-order valence-corrected chi connectivity index (χ2v) is 7.89. The van der Waals surface area contributed by atoms with E-state index in [1.165, 1.54) is 24.1 Å². The third kappa shape index (κ3) is 4.59. The number of likely N-dealkylation sites (N-methyl/N-ethyl adjacent to an activating group) is 1. The highest BCUT2D eigenvalue weighted by Gasteiger charge is 2.46. The van der Waals surface area contributed by atoms with Crippen molar-refractivity contribution >= 4 is 29.1 Å². The molecule has 1 saturated heterocycles. The van der Waals surface area contributed by atoms with E-state index in [4.69, 9.17) is 16.3 Å². The van der Waals surface area contributed by atoms with Crippen LogP contribution in [0.3, 0.4) is 0 Å². The van der Waals surface area contributed by atoms with Gasteiger partial charge in [-0.2, -0.15) is 0 Å². The number of halogens is 1. The first-order valence-corrected chi connectivity index (χ1v) is 10.8. The SMILES string of the molecule is CCN(CC)CCN1C(=O)C(=O)C(=C(O)c2ccc(OC)cc2O)[C@H]1c1cccc(Cl)c1. The summed E-state index contributed by atoms with van der Waals surface area (Å²) in [6, 6.07) is 10.4. The molecule has 3 rings (SSSR count). The first-order valence-electron chi connectivity index (χ1n) is 10.5. The minimum absolute atomic E-state index is 0.0413. The summed E-state index contributed by atoms with van der Waals surface area (Å²) in [6.45, 7) is 6.54. The van der Waals surface area contributed by atoms with Crippen molar-refractivity contribution in [1.29, 1.82) is 0 Å². The Balaban J connectivity index is 2.13. The third-order valence-electron chi connectivity index (χ3n) is 5.72. The van der Waals surface area contributed by atoms with Crippen LogP contribution in [0.15, 0.2) is 48.0 Å². The maximum absolute atomic E-state index is 13.1. The summed E-state index contributed by atoms with van der Waals surface area (Å²) in [5.41, 5.74) is 0.558. The Labute approximate surface area is 192 Å². The largest absolute Gasteiger partial charge is 0.507 e. The molecule has 0 unspecified atom stereocenters. The van der Waals surface area contributed by atoms with Crippen LogP contribution in [0.5, 0.6) is 11.5 Å². The number of ether oxygens (including phenoxy) is 1. The number of ketones is 1. The number of amides is 1. The normalized spacial score (nSPS) is 17.9. The molecule has 1 amide bonds. The number of aromatic hydroxyl groups is 1. The van der Waals surface area contributed by atoms with Gasteiger partial charge in [0, 0.05) is 24.2 Å². The van der Waals surface area contributed by atoms with Gasteiger partial charge in [-0.05, 0) is 42.9 Å². The average Bonchev–Trinajstić information content (AvgIpc) is 3.04. The molecule has 0 saturated carbocycles. The van der Waals surface area contributed by atoms with Crippen molar-refractivity contribution in [2.75, 3.05) is 33.3 Å². The van der Waals surface area contributed by atoms with Crippen molar-refractivity contribution in [3.8, 4) is 11.5 Å². The van der Waals surface area contributed by atoms with Crippen molar-refractivity contribution < 1.29 is 24.5 Å². The van der Waals surface area contributed by atoms with Gasteiger partial charge >= 0.3 is 0 Å². The van der Waals surface area contributed by atoms with Gasteiger partial charge < -0.3 is 24.7 Å². The maximum Gasteiger partial charge on any atom is 0.295 e. The number of carbonyl (C=O) groups excluding carboxylic acids is 2. The number of likely N-dealkylation sites (tertiary alicyclic amines) is 1. The van der Waals surface area contributed by atoms with Gasteiger partial charge in [-0.3, -0.25) is 9.59 Å². The van der Waals surface area contributed by atoms with Gasteiger partial charge in [0.25, 0.3) is 11.7 Å². The number of hydrogen-bond acceptors (Lipinski definition) is 6. The quantitative estimate of drug-likeness (QED) is 0.355. The number of rotatable bonds is 8. The zero-order valence-corrected chi connectivity index (χ0v) is 19.1. The molecule has 8 heteroatoms. The van der Waals surface area contributed by atoms with Crippen molar-refractivity contribution in [3.63, 3.8) is 0 Å². The highest BCUT2D eigenvalue weighted by atomic mass is 35.5. The maximum atomic E-state index is 13.1. The minimum atomic E-state index is -0.828. The fourth-order valence-corrected chi connectivity index (χ4v) is 4.11. The lowest BCUT2D eigenvalue weighted by Crippen LogP contribution is -2.38. The molecule has 7 nitrogen and oxygen atoms in total. The molecule has 1 aliphatic heterocycles. The smallest absolute Gasteiger partial charge is 0.295 e. The van der Waals surface area contributed by atoms with Crippen LogP contribution < -0.4 is 4.74 Å². The van der Waals surface area contributed by atoms with Crippen LogP contribution in [0.2, 0.25) is 5.02 Å². The summed E-state index contributed by atoms with van der Waals surface area (Å²) >= 11 is 6.19. The van der Waals surface area contributed by atoms with Crippen molar-refractivity contribution in [2.45, 2.75) is 19.9 Å². The summed E-state index contributed by atoms with van der Waals surface area (Å²) in [5.74, 6) is -1.82. The molecule has 0 spiro atoms. The van der Waals surface area contributed by atoms with Crippen LogP contribution in [0, 0.1) is 0 Å². The first-order chi connectivity index (χ1) is 15.3. The van der Waals surface area contributed by atoms with Crippen molar-refractivity contribution in [1.82, 2.24) is 9.80 Å². The highest BCUT2D eigenvalue weighted by Crippen LogP contribution is 2.41. The Hall–Kier alpha value is -3.03. The molecule has 2 aromatic carbocycles. The van der Waals surface area contributed by atoms with Gasteiger partial charge in [-0.25, -0.2) is 0 Å². The minimum Gasteiger partial charge on any atom is -0.507 e. The Morgan fingerprint density at radius 2 is 1.88 bits per heavy atom. The van der Waals surface area contributed by atoms with Gasteiger partial charge in [0.05, 0.1) is 24.3 Å². The fraction of sp³-hybridized carbons (Fsp3) is 0.333. The molecular weight excluding hydrogens is 432 g/mol. The molecule has 0 bridgehead atoms. The van der Waals surface area contributed by atoms with Crippen LogP contribution in [0.25, 0.3) is 5.76 Å². The molecule has 32 heavy (non-hydrogen) atoms. The lowest BCUT2D eigenvalue weighted by Gasteiger charge is -2.28. The molecule has 0 aromatic heterocycles. The summed E-state index contributed by atoms with van der Waals surface area (Å²) in [4.78, 5) is 29.6. The third-order valence-corrected chi connectivity index (χ3v) is 5.95. The Kier molecular flexibility index (Phi) is 7.43. The second kappa shape index (κ2) is 10.1. The summed E-state index contributed by atoms with van der Waals surface area (Å²) in [7, 11) is 1.45. The van der Waals surface area contributed by atoms with Crippen LogP contribution in [0.1, 0.15) is 31.0 Å². The van der Waals surface area contributed by atoms with E-state index in [-0.39, 0.29) is 16.9 Å². The van der Waals surface area contributed by atoms with E-state index in [0.29, 0.717) is 29.4 Å². The number of nitrogens with zero attached hydrogens (tertiary/aromatic N) is 2. The van der Waals surface area contributed by atoms with Gasteiger partial charge in [-0.1, -0.05) is 37.6 Å². The molecule has 1 atom stereocenters. The molecular formula is C24H27ClN2O5. The molecule has 0 aliphatic carbocycles. The summed E-state index contributed by atoms with van der Waals surface area (Å²) in [6.07, 6.45) is 0. The monoisotopic (exact) mass is 458 g/mol. The molecule has 1 aliphatic rings. The highest BCUT2D eigenvalue weighted by molar-refractivity contribution is 6.46. The second-order valence-electron chi connectivity index (χ2n) is 7.46. The number of carbonyl (C=O) groups is 2. The predicted octanol–water partition coefficient (Wildman–Crippen LogP) is 3.82. The van der Waals surface area contributed by atoms with Gasteiger partial charge in [-0.15, -0.1) is 0 Å². The molecule has 2 N–H and O–H groups in total. The molecule has 2 aromatic rings. The predicted molar refractivity (Wildman–Crippen MR) is 123 cm³/mol. The first kappa shape index (κ1) is 23.6. The summed E-state index contributed by atoms with van der Waals surface area (Å²) in [5, 5.41) is 21.9. The van der Waals surface area contributed by atoms with E-state index < -0.39 is 23.5 Å². The van der Waals surface area contributed by atoms with E-state index in [0.717, 1.165) is 13.1 Å². The number of phenols is 1. The zero-order chi connectivity index (χ0) is 23.4. The Morgan fingerprint density at radius 3 is 2.47 bits per heavy atom. The Morgan fingerprint density at radius 1 is 1.16 bits per heavy atom. The van der Waals surface area contributed by atoms with Crippen LogP contribution in [-0.4, -0.2) is 65.0 Å². The average molecular weight is 459 g/mol. The standard InChI is InChI=1S/C24H27ClN2O5/c1-4-26(5-2)11-12-27-21(15-7-6-8-16(25)13-15)20(23(30)24(27)31)22(29)18-10-9-17(32-3)14-19(18)28/h6-10,13-14,21,28-29H,4-5,11-12H2,1-3H3/t21-/m1/s1. The molecule has 0 radical (unpaired) electrons. The number of aliphatic hydroxyl groups excluding tert-OH is 1. The number of methoxy groups -OCH3 is 1. The van der Waals surface area contributed by atoms with Crippen LogP contribution in [-0.2, 0) is 9.59 Å². The topological polar surface area (TPSA) is 90.3 Å². The fourth-order valence-electron chi connectivity index (χ4n) is 3.91. The van der Waals surface area contributed by atoms with Gasteiger partial charge in [0.1, 0.15) is 17.3 Å². The molecule has 1 heterocycles. The number of benzene rings is 2. The number of aliphatic hydroxyl groups is 1. The number of hydrogen-bond donors (Lipinski definition) is 2. The van der Waals surface area contributed by atoms with E-state index in [2.05, 4.69) is 4.90 Å². The van der Waals surface area contributed by atoms with Crippen molar-refractivity contribution in [2.24, 2.45) is 0 Å². The lowest BCUT2D eigenvalue weighted by molar-refractivity contribution is -0.140. The summed E-state index contributed by atoms with van der Waals surface area (Å²) < 4.78 is 5.08. The van der Waals surface area contributed by atoms with E-state index in [9.17, 15) is 19.8 Å². The van der Waals surface area contributed by atoms with Crippen molar-refractivity contribution in [3.05, 3.63) is 64.2 Å². The van der Waals surface area contributed by atoms with Crippen LogP contribution >= 0.6 is 11.6 Å². The lowest BCUT2D eigenvalue weighted by atomic mass is 9.95. The molecule has 1 fully saturated rings. The van der Waals surface area contributed by atoms with E-state index in [1.54, 1.807) is 30.3 Å². The number of phenolic OH excluding ortho intramolecular Hbond substituents is 1. The zero-order valence-electron chi connectivity index (χ0n) is 18.3. The van der Waals surface area contributed by atoms with Gasteiger partial charge in [0.2, 0.25) is 0 Å².